The predicted molar refractivity (Wildman–Crippen MR) is 99.1 cm³/mol. The van der Waals surface area contributed by atoms with Gasteiger partial charge in [0.2, 0.25) is 5.13 Å². The van der Waals surface area contributed by atoms with Crippen LogP contribution in [0.15, 0.2) is 59.2 Å². The summed E-state index contributed by atoms with van der Waals surface area (Å²) >= 11 is 3.20. The van der Waals surface area contributed by atoms with Gasteiger partial charge in [0.15, 0.2) is 4.34 Å². The Kier molecular flexibility index (Phi) is 4.18. The summed E-state index contributed by atoms with van der Waals surface area (Å²) in [5, 5.41) is 12.5. The Morgan fingerprint density at radius 3 is 2.83 bits per heavy atom. The topological polar surface area (TPSA) is 55.1 Å². The molecule has 0 atom stereocenters. The predicted octanol–water partition coefficient (Wildman–Crippen LogP) is 4.53. The maximum atomic E-state index is 4.63. The van der Waals surface area contributed by atoms with Crippen LogP contribution in [0.25, 0.3) is 5.65 Å². The molecule has 0 aliphatic heterocycles. The molecule has 0 spiro atoms. The molecule has 0 bridgehead atoms. The molecule has 0 saturated carbocycles. The summed E-state index contributed by atoms with van der Waals surface area (Å²) in [6.07, 6.45) is 4.16. The summed E-state index contributed by atoms with van der Waals surface area (Å²) in [4.78, 5) is 4.63. The molecular weight excluding hydrogens is 338 g/mol. The Labute approximate surface area is 147 Å². The van der Waals surface area contributed by atoms with Crippen molar-refractivity contribution < 1.29 is 0 Å². The normalized spacial score (nSPS) is 11.0. The lowest BCUT2D eigenvalue weighted by molar-refractivity contribution is 1.01. The molecule has 0 unspecified atom stereocenters. The van der Waals surface area contributed by atoms with E-state index in [9.17, 15) is 0 Å². The van der Waals surface area contributed by atoms with Crippen molar-refractivity contribution in [1.82, 2.24) is 19.6 Å². The van der Waals surface area contributed by atoms with Crippen LogP contribution in [0.4, 0.5) is 10.8 Å². The lowest BCUT2D eigenvalue weighted by Crippen LogP contribution is -1.87. The number of fused-ring (bicyclic) bond motifs is 1. The van der Waals surface area contributed by atoms with Crippen LogP contribution in [0, 0.1) is 6.92 Å². The van der Waals surface area contributed by atoms with Crippen LogP contribution in [-0.4, -0.2) is 19.6 Å². The second-order valence-electron chi connectivity index (χ2n) is 5.36. The Hall–Kier alpha value is -2.38. The Morgan fingerprint density at radius 1 is 1.08 bits per heavy atom. The zero-order chi connectivity index (χ0) is 16.4. The number of nitrogens with zero attached hydrogens (tertiary/aromatic N) is 4. The number of hydrogen-bond donors (Lipinski definition) is 1. The van der Waals surface area contributed by atoms with Crippen LogP contribution in [-0.2, 0) is 5.75 Å². The summed E-state index contributed by atoms with van der Waals surface area (Å²) in [5.74, 6) is 0.778. The molecule has 120 valence electrons. The molecule has 0 fully saturated rings. The second kappa shape index (κ2) is 6.62. The van der Waals surface area contributed by atoms with Gasteiger partial charge >= 0.3 is 0 Å². The second-order valence-corrected chi connectivity index (χ2v) is 7.56. The van der Waals surface area contributed by atoms with Crippen molar-refractivity contribution >= 4 is 39.6 Å². The third kappa shape index (κ3) is 3.42. The van der Waals surface area contributed by atoms with Gasteiger partial charge in [0, 0.05) is 23.8 Å². The Morgan fingerprint density at radius 2 is 1.96 bits per heavy atom. The summed E-state index contributed by atoms with van der Waals surface area (Å²) in [6, 6.07) is 14.1. The molecule has 4 rings (SSSR count). The fourth-order valence-electron chi connectivity index (χ4n) is 2.32. The number of benzene rings is 1. The lowest BCUT2D eigenvalue weighted by atomic mass is 10.3. The van der Waals surface area contributed by atoms with Gasteiger partial charge in [-0.1, -0.05) is 47.4 Å². The number of thioether (sulfide) groups is 1. The third-order valence-corrected chi connectivity index (χ3v) is 5.43. The fourth-order valence-corrected chi connectivity index (χ4v) is 3.98. The molecule has 5 nitrogen and oxygen atoms in total. The van der Waals surface area contributed by atoms with Crippen LogP contribution >= 0.6 is 23.1 Å². The maximum absolute atomic E-state index is 4.63. The van der Waals surface area contributed by atoms with Gasteiger partial charge in [0.05, 0.1) is 5.69 Å². The molecule has 24 heavy (non-hydrogen) atoms. The third-order valence-electron chi connectivity index (χ3n) is 3.42. The minimum Gasteiger partial charge on any atom is -0.330 e. The smallest absolute Gasteiger partial charge is 0.210 e. The first-order chi connectivity index (χ1) is 11.8. The Balaban J connectivity index is 1.42. The molecule has 3 aromatic heterocycles. The fraction of sp³-hybridized carbons (Fsp3) is 0.118. The highest BCUT2D eigenvalue weighted by Crippen LogP contribution is 2.29. The molecule has 3 heterocycles. The van der Waals surface area contributed by atoms with Crippen LogP contribution in [0.5, 0.6) is 0 Å². The first kappa shape index (κ1) is 15.2. The minimum absolute atomic E-state index is 0.778. The van der Waals surface area contributed by atoms with Crippen molar-refractivity contribution in [2.75, 3.05) is 5.32 Å². The highest BCUT2D eigenvalue weighted by molar-refractivity contribution is 8.00. The number of anilines is 2. The highest BCUT2D eigenvalue weighted by Gasteiger charge is 2.07. The van der Waals surface area contributed by atoms with Crippen molar-refractivity contribution in [2.24, 2.45) is 0 Å². The molecular formula is C17H15N5S2. The molecule has 0 saturated heterocycles. The largest absolute Gasteiger partial charge is 0.330 e. The monoisotopic (exact) mass is 353 g/mol. The highest BCUT2D eigenvalue weighted by atomic mass is 32.2. The molecule has 7 heteroatoms. The zero-order valence-electron chi connectivity index (χ0n) is 13.0. The van der Waals surface area contributed by atoms with Crippen molar-refractivity contribution in [3.63, 3.8) is 0 Å². The average molecular weight is 353 g/mol. The quantitative estimate of drug-likeness (QED) is 0.534. The number of nitrogens with one attached hydrogen (secondary N) is 1. The van der Waals surface area contributed by atoms with E-state index in [-0.39, 0.29) is 0 Å². The molecule has 0 radical (unpaired) electrons. The van der Waals surface area contributed by atoms with Gasteiger partial charge in [-0.05, 0) is 30.7 Å². The van der Waals surface area contributed by atoms with Crippen molar-refractivity contribution in [1.29, 1.82) is 0 Å². The average Bonchev–Trinajstić information content (AvgIpc) is 3.20. The van der Waals surface area contributed by atoms with Gasteiger partial charge in [-0.15, -0.1) is 10.2 Å². The molecule has 0 aliphatic carbocycles. The maximum Gasteiger partial charge on any atom is 0.210 e. The number of para-hydroxylation sites is 1. The van der Waals surface area contributed by atoms with Crippen LogP contribution in [0.2, 0.25) is 0 Å². The van der Waals surface area contributed by atoms with Gasteiger partial charge in [0.25, 0.3) is 0 Å². The van der Waals surface area contributed by atoms with Gasteiger partial charge in [-0.25, -0.2) is 4.98 Å². The lowest BCUT2D eigenvalue weighted by Gasteiger charge is -1.99. The molecule has 0 aliphatic rings. The van der Waals surface area contributed by atoms with Gasteiger partial charge in [-0.2, -0.15) is 0 Å². The van der Waals surface area contributed by atoms with E-state index in [2.05, 4.69) is 50.3 Å². The standard InChI is InChI=1S/C17H15N5S2/c1-12-7-8-15-18-14(10-22(15)9-12)11-23-17-21-20-16(24-17)19-13-5-3-2-4-6-13/h2-10H,11H2,1H3,(H,19,20). The van der Waals surface area contributed by atoms with Crippen molar-refractivity contribution in [3.8, 4) is 0 Å². The van der Waals surface area contributed by atoms with Gasteiger partial charge < -0.3 is 9.72 Å². The number of aryl methyl sites for hydroxylation is 1. The van der Waals surface area contributed by atoms with E-state index >= 15 is 0 Å². The number of aromatic nitrogens is 4. The van der Waals surface area contributed by atoms with Gasteiger partial charge in [-0.3, -0.25) is 0 Å². The van der Waals surface area contributed by atoms with E-state index < -0.39 is 0 Å². The first-order valence-electron chi connectivity index (χ1n) is 7.49. The van der Waals surface area contributed by atoms with Crippen molar-refractivity contribution in [3.05, 3.63) is 66.1 Å². The zero-order valence-corrected chi connectivity index (χ0v) is 14.6. The van der Waals surface area contributed by atoms with E-state index in [4.69, 9.17) is 0 Å². The first-order valence-corrected chi connectivity index (χ1v) is 9.29. The van der Waals surface area contributed by atoms with Crippen LogP contribution in [0.1, 0.15) is 11.3 Å². The number of pyridine rings is 1. The van der Waals surface area contributed by atoms with E-state index in [1.807, 2.05) is 36.4 Å². The Bertz CT molecular complexity index is 961. The SMILES string of the molecule is Cc1ccc2nc(CSc3nnc(Nc4ccccc4)s3)cn2c1. The molecule has 4 aromatic rings. The molecule has 1 N–H and O–H groups in total. The number of hydrogen-bond acceptors (Lipinski definition) is 6. The molecule has 0 amide bonds. The number of rotatable bonds is 5. The van der Waals surface area contributed by atoms with Crippen LogP contribution in [0.3, 0.4) is 0 Å². The summed E-state index contributed by atoms with van der Waals surface area (Å²) < 4.78 is 3.00. The van der Waals surface area contributed by atoms with Crippen molar-refractivity contribution in [2.45, 2.75) is 17.0 Å². The number of imidazole rings is 1. The van der Waals surface area contributed by atoms with E-state index in [1.54, 1.807) is 23.1 Å². The van der Waals surface area contributed by atoms with E-state index in [1.165, 1.54) is 5.56 Å². The summed E-state index contributed by atoms with van der Waals surface area (Å²) in [6.45, 7) is 2.08. The summed E-state index contributed by atoms with van der Waals surface area (Å²) in [7, 11) is 0. The molecule has 1 aromatic carbocycles. The summed E-state index contributed by atoms with van der Waals surface area (Å²) in [5.41, 5.74) is 4.25. The van der Waals surface area contributed by atoms with Gasteiger partial charge in [0.1, 0.15) is 5.65 Å². The van der Waals surface area contributed by atoms with E-state index in [0.29, 0.717) is 0 Å². The van der Waals surface area contributed by atoms with E-state index in [0.717, 1.165) is 32.3 Å². The van der Waals surface area contributed by atoms with Crippen LogP contribution < -0.4 is 5.32 Å². The minimum atomic E-state index is 0.778.